The fraction of sp³-hybridized carbons (Fsp3) is 0.765. The molecule has 0 spiro atoms. The molecule has 2 N–H and O–H groups in total. The van der Waals surface area contributed by atoms with E-state index in [0.29, 0.717) is 0 Å². The molecule has 1 aromatic heterocycles. The number of aromatic nitrogens is 2. The summed E-state index contributed by atoms with van der Waals surface area (Å²) in [6.07, 6.45) is 5.96. The van der Waals surface area contributed by atoms with E-state index in [1.54, 1.807) is 0 Å². The van der Waals surface area contributed by atoms with E-state index in [2.05, 4.69) is 55.2 Å². The maximum atomic E-state index is 4.66. The normalized spacial score (nSPS) is 12.2. The van der Waals surface area contributed by atoms with Crippen LogP contribution in [-0.4, -0.2) is 23.1 Å². The average molecular weight is 292 g/mol. The molecular formula is C17H32N4. The largest absolute Gasteiger partial charge is 0.370 e. The highest BCUT2D eigenvalue weighted by Gasteiger charge is 2.11. The molecule has 0 aromatic carbocycles. The second-order valence-electron chi connectivity index (χ2n) is 5.64. The number of nitrogens with zero attached hydrogens (tertiary/aromatic N) is 2. The molecule has 21 heavy (non-hydrogen) atoms. The van der Waals surface area contributed by atoms with Crippen LogP contribution in [0.1, 0.15) is 64.8 Å². The molecule has 0 amide bonds. The Hall–Kier alpha value is -1.32. The standard InChI is InChI=1S/C17H32N4/c1-6-10-11-14(7-2)12-19-17-13(5)16(18-9-4)20-15(8-3)21-17/h14H,6-12H2,1-5H3,(H2,18,19,20,21). The number of aryl methyl sites for hydroxylation is 1. The van der Waals surface area contributed by atoms with Gasteiger partial charge in [0.05, 0.1) is 0 Å². The molecule has 1 rings (SSSR count). The second-order valence-corrected chi connectivity index (χ2v) is 5.64. The van der Waals surface area contributed by atoms with Gasteiger partial charge >= 0.3 is 0 Å². The number of anilines is 2. The SMILES string of the molecule is CCCCC(CC)CNc1nc(CC)nc(NCC)c1C. The fourth-order valence-corrected chi connectivity index (χ4v) is 2.42. The molecule has 1 heterocycles. The quantitative estimate of drug-likeness (QED) is 0.671. The Morgan fingerprint density at radius 3 is 2.19 bits per heavy atom. The Balaban J connectivity index is 2.78. The van der Waals surface area contributed by atoms with Crippen LogP contribution in [0.3, 0.4) is 0 Å². The summed E-state index contributed by atoms with van der Waals surface area (Å²) in [5.74, 6) is 3.59. The van der Waals surface area contributed by atoms with E-state index in [0.717, 1.165) is 48.5 Å². The van der Waals surface area contributed by atoms with Crippen LogP contribution in [0.25, 0.3) is 0 Å². The first kappa shape index (κ1) is 17.7. The Bertz CT molecular complexity index is 417. The third-order valence-corrected chi connectivity index (χ3v) is 3.95. The Labute approximate surface area is 130 Å². The minimum absolute atomic E-state index is 0.729. The average Bonchev–Trinajstić information content (AvgIpc) is 2.50. The maximum Gasteiger partial charge on any atom is 0.134 e. The molecule has 0 aliphatic heterocycles. The van der Waals surface area contributed by atoms with Gasteiger partial charge in [0.15, 0.2) is 0 Å². The number of hydrogen-bond acceptors (Lipinski definition) is 4. The first-order valence-corrected chi connectivity index (χ1v) is 8.51. The minimum Gasteiger partial charge on any atom is -0.370 e. The van der Waals surface area contributed by atoms with Gasteiger partial charge in [0.2, 0.25) is 0 Å². The summed E-state index contributed by atoms with van der Waals surface area (Å²) >= 11 is 0. The molecule has 4 nitrogen and oxygen atoms in total. The minimum atomic E-state index is 0.729. The number of hydrogen-bond donors (Lipinski definition) is 2. The van der Waals surface area contributed by atoms with Crippen molar-refractivity contribution in [3.63, 3.8) is 0 Å². The van der Waals surface area contributed by atoms with Crippen molar-refractivity contribution in [3.8, 4) is 0 Å². The Morgan fingerprint density at radius 2 is 1.67 bits per heavy atom. The molecular weight excluding hydrogens is 260 g/mol. The summed E-state index contributed by atoms with van der Waals surface area (Å²) in [6, 6.07) is 0. The van der Waals surface area contributed by atoms with Crippen molar-refractivity contribution in [2.24, 2.45) is 5.92 Å². The molecule has 0 radical (unpaired) electrons. The molecule has 1 atom stereocenters. The summed E-state index contributed by atoms with van der Waals surface area (Å²) in [7, 11) is 0. The highest BCUT2D eigenvalue weighted by Crippen LogP contribution is 2.21. The van der Waals surface area contributed by atoms with Crippen LogP contribution in [0.5, 0.6) is 0 Å². The van der Waals surface area contributed by atoms with E-state index in [-0.39, 0.29) is 0 Å². The van der Waals surface area contributed by atoms with E-state index < -0.39 is 0 Å². The maximum absolute atomic E-state index is 4.66. The molecule has 0 bridgehead atoms. The lowest BCUT2D eigenvalue weighted by Crippen LogP contribution is -2.17. The highest BCUT2D eigenvalue weighted by molar-refractivity contribution is 5.57. The lowest BCUT2D eigenvalue weighted by Gasteiger charge is -2.18. The van der Waals surface area contributed by atoms with Gasteiger partial charge in [0.1, 0.15) is 17.5 Å². The van der Waals surface area contributed by atoms with Gasteiger partial charge in [0.25, 0.3) is 0 Å². The fourth-order valence-electron chi connectivity index (χ4n) is 2.42. The number of unbranched alkanes of at least 4 members (excludes halogenated alkanes) is 1. The Kier molecular flexibility index (Phi) is 8.09. The molecule has 1 aromatic rings. The van der Waals surface area contributed by atoms with Crippen LogP contribution >= 0.6 is 0 Å². The molecule has 120 valence electrons. The van der Waals surface area contributed by atoms with Crippen molar-refractivity contribution in [1.29, 1.82) is 0 Å². The van der Waals surface area contributed by atoms with Crippen LogP contribution in [0.4, 0.5) is 11.6 Å². The van der Waals surface area contributed by atoms with E-state index in [1.165, 1.54) is 25.7 Å². The first-order valence-electron chi connectivity index (χ1n) is 8.51. The topological polar surface area (TPSA) is 49.8 Å². The third kappa shape index (κ3) is 5.52. The predicted octanol–water partition coefficient (Wildman–Crippen LogP) is 4.41. The predicted molar refractivity (Wildman–Crippen MR) is 92.1 cm³/mol. The molecule has 0 fully saturated rings. The van der Waals surface area contributed by atoms with Gasteiger partial charge in [0, 0.05) is 25.1 Å². The van der Waals surface area contributed by atoms with Crippen LogP contribution in [0, 0.1) is 12.8 Å². The monoisotopic (exact) mass is 292 g/mol. The number of rotatable bonds is 10. The van der Waals surface area contributed by atoms with Crippen molar-refractivity contribution >= 4 is 11.6 Å². The zero-order valence-electron chi connectivity index (χ0n) is 14.4. The second kappa shape index (κ2) is 9.59. The van der Waals surface area contributed by atoms with Crippen LogP contribution in [-0.2, 0) is 6.42 Å². The van der Waals surface area contributed by atoms with Gasteiger partial charge in [-0.25, -0.2) is 9.97 Å². The van der Waals surface area contributed by atoms with Gasteiger partial charge in [-0.05, 0) is 26.2 Å². The summed E-state index contributed by atoms with van der Waals surface area (Å²) in [5.41, 5.74) is 1.12. The molecule has 0 saturated carbocycles. The molecule has 0 saturated heterocycles. The van der Waals surface area contributed by atoms with Crippen molar-refractivity contribution in [3.05, 3.63) is 11.4 Å². The van der Waals surface area contributed by atoms with Gasteiger partial charge < -0.3 is 10.6 Å². The summed E-state index contributed by atoms with van der Waals surface area (Å²) in [6.45, 7) is 12.7. The van der Waals surface area contributed by atoms with Crippen molar-refractivity contribution in [1.82, 2.24) is 9.97 Å². The van der Waals surface area contributed by atoms with Crippen LogP contribution in [0.15, 0.2) is 0 Å². The van der Waals surface area contributed by atoms with Crippen molar-refractivity contribution in [2.75, 3.05) is 23.7 Å². The van der Waals surface area contributed by atoms with Gasteiger partial charge in [-0.15, -0.1) is 0 Å². The molecule has 0 aliphatic carbocycles. The van der Waals surface area contributed by atoms with Crippen molar-refractivity contribution < 1.29 is 0 Å². The van der Waals surface area contributed by atoms with Crippen molar-refractivity contribution in [2.45, 2.75) is 66.7 Å². The number of nitrogens with one attached hydrogen (secondary N) is 2. The molecule has 0 aliphatic rings. The van der Waals surface area contributed by atoms with E-state index in [4.69, 9.17) is 0 Å². The van der Waals surface area contributed by atoms with E-state index >= 15 is 0 Å². The van der Waals surface area contributed by atoms with Gasteiger partial charge in [-0.2, -0.15) is 0 Å². The zero-order valence-corrected chi connectivity index (χ0v) is 14.4. The van der Waals surface area contributed by atoms with Gasteiger partial charge in [-0.1, -0.05) is 40.0 Å². The smallest absolute Gasteiger partial charge is 0.134 e. The van der Waals surface area contributed by atoms with E-state index in [1.807, 2.05) is 0 Å². The Morgan fingerprint density at radius 1 is 1.00 bits per heavy atom. The summed E-state index contributed by atoms with van der Waals surface area (Å²) < 4.78 is 0. The summed E-state index contributed by atoms with van der Waals surface area (Å²) in [4.78, 5) is 9.23. The van der Waals surface area contributed by atoms with Crippen LogP contribution < -0.4 is 10.6 Å². The van der Waals surface area contributed by atoms with E-state index in [9.17, 15) is 0 Å². The third-order valence-electron chi connectivity index (χ3n) is 3.95. The van der Waals surface area contributed by atoms with Gasteiger partial charge in [-0.3, -0.25) is 0 Å². The molecule has 4 heteroatoms. The zero-order chi connectivity index (χ0) is 15.7. The first-order chi connectivity index (χ1) is 10.2. The highest BCUT2D eigenvalue weighted by atomic mass is 15.1. The lowest BCUT2D eigenvalue weighted by atomic mass is 9.99. The molecule has 1 unspecified atom stereocenters. The lowest BCUT2D eigenvalue weighted by molar-refractivity contribution is 0.472. The summed E-state index contributed by atoms with van der Waals surface area (Å²) in [5, 5.41) is 6.89. The van der Waals surface area contributed by atoms with Crippen LogP contribution in [0.2, 0.25) is 0 Å².